The molecule has 15 heavy (non-hydrogen) atoms. The Balaban J connectivity index is 2.13. The summed E-state index contributed by atoms with van der Waals surface area (Å²) in [6, 6.07) is 0. The van der Waals surface area contributed by atoms with Crippen LogP contribution in [0.4, 0.5) is 0 Å². The van der Waals surface area contributed by atoms with Gasteiger partial charge in [0.05, 0.1) is 0 Å². The Morgan fingerprint density at radius 3 is 2.67 bits per heavy atom. The predicted octanol–water partition coefficient (Wildman–Crippen LogP) is 2.44. The maximum atomic E-state index is 3.54. The van der Waals surface area contributed by atoms with Gasteiger partial charge in [0.1, 0.15) is 0 Å². The average Bonchev–Trinajstić information content (AvgIpc) is 2.68. The molecule has 3 heteroatoms. The van der Waals surface area contributed by atoms with E-state index in [9.17, 15) is 0 Å². The van der Waals surface area contributed by atoms with Crippen molar-refractivity contribution in [1.82, 2.24) is 9.80 Å². The zero-order chi connectivity index (χ0) is 11.1. The van der Waals surface area contributed by atoms with E-state index in [0.717, 1.165) is 5.92 Å². The molecule has 0 bridgehead atoms. The molecule has 1 fully saturated rings. The van der Waals surface area contributed by atoms with Crippen LogP contribution in [0.3, 0.4) is 0 Å². The largest absolute Gasteiger partial charge is 0.303 e. The summed E-state index contributed by atoms with van der Waals surface area (Å²) >= 11 is 3.54. The van der Waals surface area contributed by atoms with Gasteiger partial charge < -0.3 is 9.80 Å². The minimum Gasteiger partial charge on any atom is -0.303 e. The van der Waals surface area contributed by atoms with Crippen molar-refractivity contribution >= 4 is 15.9 Å². The lowest BCUT2D eigenvalue weighted by molar-refractivity contribution is 0.236. The molecular formula is C12H25BrN2. The van der Waals surface area contributed by atoms with Crippen molar-refractivity contribution in [2.75, 3.05) is 44.6 Å². The van der Waals surface area contributed by atoms with E-state index in [4.69, 9.17) is 0 Å². The van der Waals surface area contributed by atoms with Crippen LogP contribution in [0.5, 0.6) is 0 Å². The predicted molar refractivity (Wildman–Crippen MR) is 70.7 cm³/mol. The second kappa shape index (κ2) is 7.64. The Kier molecular flexibility index (Phi) is 6.86. The van der Waals surface area contributed by atoms with Crippen molar-refractivity contribution in [2.45, 2.75) is 26.7 Å². The van der Waals surface area contributed by atoms with Gasteiger partial charge in [-0.15, -0.1) is 0 Å². The number of rotatable bonds is 7. The van der Waals surface area contributed by atoms with Gasteiger partial charge in [-0.2, -0.15) is 0 Å². The van der Waals surface area contributed by atoms with Gasteiger partial charge in [0.15, 0.2) is 0 Å². The molecule has 0 N–H and O–H groups in total. The highest BCUT2D eigenvalue weighted by Gasteiger charge is 2.21. The fourth-order valence-electron chi connectivity index (χ4n) is 2.33. The molecule has 1 unspecified atom stereocenters. The molecule has 1 rings (SSSR count). The van der Waals surface area contributed by atoms with Gasteiger partial charge in [-0.05, 0) is 38.4 Å². The Morgan fingerprint density at radius 2 is 2.07 bits per heavy atom. The molecule has 0 radical (unpaired) electrons. The summed E-state index contributed by atoms with van der Waals surface area (Å²) in [7, 11) is 0. The van der Waals surface area contributed by atoms with Gasteiger partial charge in [0.2, 0.25) is 0 Å². The van der Waals surface area contributed by atoms with Crippen LogP contribution in [0.15, 0.2) is 0 Å². The highest BCUT2D eigenvalue weighted by Crippen LogP contribution is 2.19. The summed E-state index contributed by atoms with van der Waals surface area (Å²) in [6.45, 7) is 12.0. The van der Waals surface area contributed by atoms with Crippen LogP contribution in [0.25, 0.3) is 0 Å². The number of likely N-dealkylation sites (tertiary alicyclic amines) is 1. The molecule has 0 amide bonds. The molecule has 0 aliphatic carbocycles. The van der Waals surface area contributed by atoms with E-state index in [0.29, 0.717) is 0 Å². The summed E-state index contributed by atoms with van der Waals surface area (Å²) in [5.74, 6) is 0.945. The first-order chi connectivity index (χ1) is 7.30. The molecule has 0 saturated carbocycles. The van der Waals surface area contributed by atoms with Gasteiger partial charge >= 0.3 is 0 Å². The number of alkyl halides is 1. The molecule has 2 nitrogen and oxygen atoms in total. The van der Waals surface area contributed by atoms with Crippen LogP contribution < -0.4 is 0 Å². The van der Waals surface area contributed by atoms with Crippen molar-refractivity contribution in [3.8, 4) is 0 Å². The van der Waals surface area contributed by atoms with Crippen molar-refractivity contribution in [3.63, 3.8) is 0 Å². The molecule has 1 aliphatic heterocycles. The Labute approximate surface area is 103 Å². The van der Waals surface area contributed by atoms with Gasteiger partial charge in [0, 0.05) is 25.0 Å². The van der Waals surface area contributed by atoms with Gasteiger partial charge in [-0.3, -0.25) is 0 Å². The van der Waals surface area contributed by atoms with Gasteiger partial charge in [0.25, 0.3) is 0 Å². The number of hydrogen-bond acceptors (Lipinski definition) is 2. The normalized spacial score (nSPS) is 22.8. The van der Waals surface area contributed by atoms with E-state index in [-0.39, 0.29) is 0 Å². The molecule has 1 heterocycles. The Bertz CT molecular complexity index is 160. The van der Waals surface area contributed by atoms with E-state index >= 15 is 0 Å². The molecular weight excluding hydrogens is 252 g/mol. The number of nitrogens with zero attached hydrogens (tertiary/aromatic N) is 2. The topological polar surface area (TPSA) is 6.48 Å². The first-order valence-electron chi connectivity index (χ1n) is 6.30. The summed E-state index contributed by atoms with van der Waals surface area (Å²) < 4.78 is 0. The maximum absolute atomic E-state index is 3.54. The van der Waals surface area contributed by atoms with Crippen LogP contribution in [-0.2, 0) is 0 Å². The van der Waals surface area contributed by atoms with Crippen LogP contribution in [0.2, 0.25) is 0 Å². The van der Waals surface area contributed by atoms with Crippen molar-refractivity contribution in [3.05, 3.63) is 0 Å². The monoisotopic (exact) mass is 276 g/mol. The molecule has 90 valence electrons. The molecule has 1 aliphatic rings. The minimum atomic E-state index is 0.945. The van der Waals surface area contributed by atoms with Crippen LogP contribution >= 0.6 is 15.9 Å². The quantitative estimate of drug-likeness (QED) is 0.659. The summed E-state index contributed by atoms with van der Waals surface area (Å²) in [4.78, 5) is 5.14. The second-order valence-electron chi connectivity index (χ2n) is 4.46. The Hall–Kier alpha value is 0.400. The lowest BCUT2D eigenvalue weighted by Crippen LogP contribution is -2.34. The van der Waals surface area contributed by atoms with E-state index < -0.39 is 0 Å². The van der Waals surface area contributed by atoms with Crippen LogP contribution in [0.1, 0.15) is 26.7 Å². The zero-order valence-corrected chi connectivity index (χ0v) is 11.8. The number of likely N-dealkylation sites (N-methyl/N-ethyl adjacent to an activating group) is 1. The summed E-state index contributed by atoms with van der Waals surface area (Å²) in [5, 5.41) is 1.17. The van der Waals surface area contributed by atoms with Gasteiger partial charge in [-0.1, -0.05) is 29.8 Å². The SMILES string of the molecule is CCN(CC)CCN1CCC(CCBr)C1. The molecule has 0 aromatic carbocycles. The highest BCUT2D eigenvalue weighted by molar-refractivity contribution is 9.09. The van der Waals surface area contributed by atoms with Crippen LogP contribution in [0, 0.1) is 5.92 Å². The van der Waals surface area contributed by atoms with E-state index in [1.807, 2.05) is 0 Å². The first-order valence-corrected chi connectivity index (χ1v) is 7.43. The second-order valence-corrected chi connectivity index (χ2v) is 5.25. The fourth-order valence-corrected chi connectivity index (χ4v) is 2.98. The molecule has 1 saturated heterocycles. The molecule has 0 aromatic heterocycles. The van der Waals surface area contributed by atoms with E-state index in [1.54, 1.807) is 0 Å². The zero-order valence-electron chi connectivity index (χ0n) is 10.2. The third-order valence-corrected chi connectivity index (χ3v) is 3.97. The standard InChI is InChI=1S/C12H25BrN2/c1-3-14(4-2)9-10-15-8-6-12(11-15)5-7-13/h12H,3-11H2,1-2H3. The first kappa shape index (κ1) is 13.5. The summed E-state index contributed by atoms with van der Waals surface area (Å²) in [5.41, 5.74) is 0. The average molecular weight is 277 g/mol. The van der Waals surface area contributed by atoms with Crippen molar-refractivity contribution < 1.29 is 0 Å². The third kappa shape index (κ3) is 4.83. The number of halogens is 1. The summed E-state index contributed by atoms with van der Waals surface area (Å²) in [6.07, 6.45) is 2.76. The molecule has 0 aromatic rings. The fraction of sp³-hybridized carbons (Fsp3) is 1.00. The van der Waals surface area contributed by atoms with E-state index in [1.165, 1.54) is 57.4 Å². The highest BCUT2D eigenvalue weighted by atomic mass is 79.9. The van der Waals surface area contributed by atoms with E-state index in [2.05, 4.69) is 39.6 Å². The van der Waals surface area contributed by atoms with Gasteiger partial charge in [-0.25, -0.2) is 0 Å². The molecule has 0 spiro atoms. The smallest absolute Gasteiger partial charge is 0.0109 e. The lowest BCUT2D eigenvalue weighted by Gasteiger charge is -2.22. The third-order valence-electron chi connectivity index (χ3n) is 3.51. The number of hydrogen-bond donors (Lipinski definition) is 0. The Morgan fingerprint density at radius 1 is 1.33 bits per heavy atom. The molecule has 1 atom stereocenters. The van der Waals surface area contributed by atoms with Crippen molar-refractivity contribution in [2.24, 2.45) is 5.92 Å². The maximum Gasteiger partial charge on any atom is 0.0109 e. The van der Waals surface area contributed by atoms with Crippen molar-refractivity contribution in [1.29, 1.82) is 0 Å². The minimum absolute atomic E-state index is 0.945. The lowest BCUT2D eigenvalue weighted by atomic mass is 10.1. The van der Waals surface area contributed by atoms with Crippen LogP contribution in [-0.4, -0.2) is 54.4 Å².